The number of hydroxylamine groups is 2. The minimum atomic E-state index is -0.982. The SMILES string of the molecule is CC(O)CCON1CC(C(=O)O)CC1=O. The highest BCUT2D eigenvalue weighted by molar-refractivity contribution is 5.85. The van der Waals surface area contributed by atoms with Crippen LogP contribution in [0, 0.1) is 5.92 Å². The number of aliphatic carboxylic acids is 1. The number of carboxylic acid groups (broad SMARTS) is 1. The summed E-state index contributed by atoms with van der Waals surface area (Å²) in [5.74, 6) is -1.97. The van der Waals surface area contributed by atoms with Crippen molar-refractivity contribution in [2.45, 2.75) is 25.9 Å². The van der Waals surface area contributed by atoms with E-state index in [1.54, 1.807) is 6.92 Å². The molecule has 1 aliphatic heterocycles. The second-order valence-corrected chi connectivity index (χ2v) is 3.67. The fourth-order valence-electron chi connectivity index (χ4n) is 1.30. The molecule has 0 bridgehead atoms. The number of hydrogen-bond donors (Lipinski definition) is 2. The number of aliphatic hydroxyl groups excluding tert-OH is 1. The maximum Gasteiger partial charge on any atom is 0.308 e. The van der Waals surface area contributed by atoms with E-state index in [0.717, 1.165) is 5.06 Å². The van der Waals surface area contributed by atoms with E-state index in [2.05, 4.69) is 0 Å². The predicted molar refractivity (Wildman–Crippen MR) is 49.7 cm³/mol. The number of nitrogens with zero attached hydrogens (tertiary/aromatic N) is 1. The standard InChI is InChI=1S/C9H15NO5/c1-6(11)2-3-15-10-5-7(9(13)14)4-8(10)12/h6-7,11H,2-5H2,1H3,(H,13,14). The highest BCUT2D eigenvalue weighted by Crippen LogP contribution is 2.18. The van der Waals surface area contributed by atoms with E-state index in [9.17, 15) is 9.59 Å². The van der Waals surface area contributed by atoms with Gasteiger partial charge in [0, 0.05) is 6.42 Å². The molecular formula is C9H15NO5. The van der Waals surface area contributed by atoms with Crippen molar-refractivity contribution in [3.05, 3.63) is 0 Å². The maximum absolute atomic E-state index is 11.2. The van der Waals surface area contributed by atoms with E-state index in [1.165, 1.54) is 0 Å². The molecule has 1 saturated heterocycles. The minimum absolute atomic E-state index is 0.00991. The lowest BCUT2D eigenvalue weighted by Gasteiger charge is -2.15. The van der Waals surface area contributed by atoms with Gasteiger partial charge < -0.3 is 10.2 Å². The summed E-state index contributed by atoms with van der Waals surface area (Å²) in [6.45, 7) is 1.93. The number of carbonyl (C=O) groups excluding carboxylic acids is 1. The molecule has 86 valence electrons. The van der Waals surface area contributed by atoms with Crippen molar-refractivity contribution >= 4 is 11.9 Å². The molecule has 2 unspecified atom stereocenters. The fraction of sp³-hybridized carbons (Fsp3) is 0.778. The van der Waals surface area contributed by atoms with Crippen LogP contribution in [0.25, 0.3) is 0 Å². The molecular weight excluding hydrogens is 202 g/mol. The third kappa shape index (κ3) is 3.49. The van der Waals surface area contributed by atoms with Gasteiger partial charge in [0.1, 0.15) is 0 Å². The number of rotatable bonds is 5. The van der Waals surface area contributed by atoms with Crippen molar-refractivity contribution in [3.63, 3.8) is 0 Å². The van der Waals surface area contributed by atoms with Gasteiger partial charge in [0.15, 0.2) is 0 Å². The number of aliphatic hydroxyl groups is 1. The summed E-state index contributed by atoms with van der Waals surface area (Å²) >= 11 is 0. The molecule has 6 nitrogen and oxygen atoms in total. The summed E-state index contributed by atoms with van der Waals surface area (Å²) in [6.07, 6.45) is -0.0797. The second-order valence-electron chi connectivity index (χ2n) is 3.67. The van der Waals surface area contributed by atoms with Gasteiger partial charge in [0.25, 0.3) is 0 Å². The Balaban J connectivity index is 2.31. The summed E-state index contributed by atoms with van der Waals surface area (Å²) in [7, 11) is 0. The van der Waals surface area contributed by atoms with Crippen molar-refractivity contribution in [1.29, 1.82) is 0 Å². The largest absolute Gasteiger partial charge is 0.481 e. The molecule has 6 heteroatoms. The van der Waals surface area contributed by atoms with Crippen molar-refractivity contribution in [3.8, 4) is 0 Å². The number of amides is 1. The van der Waals surface area contributed by atoms with Gasteiger partial charge >= 0.3 is 5.97 Å². The molecule has 0 saturated carbocycles. The molecule has 1 heterocycles. The third-order valence-electron chi connectivity index (χ3n) is 2.22. The van der Waals surface area contributed by atoms with E-state index >= 15 is 0 Å². The first-order valence-electron chi connectivity index (χ1n) is 4.85. The fourth-order valence-corrected chi connectivity index (χ4v) is 1.30. The normalized spacial score (nSPS) is 23.2. The summed E-state index contributed by atoms with van der Waals surface area (Å²) in [4.78, 5) is 26.9. The van der Waals surface area contributed by atoms with Gasteiger partial charge in [-0.05, 0) is 13.3 Å². The molecule has 0 aromatic carbocycles. The molecule has 0 aromatic heterocycles. The van der Waals surface area contributed by atoms with Gasteiger partial charge in [-0.3, -0.25) is 14.4 Å². The average Bonchev–Trinajstić information content (AvgIpc) is 2.47. The van der Waals surface area contributed by atoms with Crippen LogP contribution in [0.4, 0.5) is 0 Å². The van der Waals surface area contributed by atoms with E-state index in [0.29, 0.717) is 6.42 Å². The summed E-state index contributed by atoms with van der Waals surface area (Å²) in [5.41, 5.74) is 0. The van der Waals surface area contributed by atoms with Crippen LogP contribution in [0.2, 0.25) is 0 Å². The van der Waals surface area contributed by atoms with Gasteiger partial charge in [-0.2, -0.15) is 0 Å². The van der Waals surface area contributed by atoms with Crippen molar-refractivity contribution in [1.82, 2.24) is 5.06 Å². The molecule has 0 aromatic rings. The molecule has 1 aliphatic rings. The summed E-state index contributed by atoms with van der Waals surface area (Å²) < 4.78 is 0. The Morgan fingerprint density at radius 2 is 2.40 bits per heavy atom. The Morgan fingerprint density at radius 1 is 1.73 bits per heavy atom. The lowest BCUT2D eigenvalue weighted by molar-refractivity contribution is -0.180. The van der Waals surface area contributed by atoms with Crippen LogP contribution < -0.4 is 0 Å². The van der Waals surface area contributed by atoms with Crippen molar-refractivity contribution < 1.29 is 24.6 Å². The van der Waals surface area contributed by atoms with Crippen molar-refractivity contribution in [2.75, 3.05) is 13.2 Å². The Bertz CT molecular complexity index is 253. The van der Waals surface area contributed by atoms with Crippen molar-refractivity contribution in [2.24, 2.45) is 5.92 Å². The van der Waals surface area contributed by atoms with E-state index in [1.807, 2.05) is 0 Å². The van der Waals surface area contributed by atoms with Crippen LogP contribution in [-0.4, -0.2) is 46.4 Å². The topological polar surface area (TPSA) is 87.1 Å². The number of carbonyl (C=O) groups is 2. The highest BCUT2D eigenvalue weighted by atomic mass is 16.7. The van der Waals surface area contributed by atoms with Gasteiger partial charge in [0.2, 0.25) is 5.91 Å². The zero-order valence-corrected chi connectivity index (χ0v) is 8.55. The number of hydrogen-bond acceptors (Lipinski definition) is 4. The smallest absolute Gasteiger partial charge is 0.308 e. The maximum atomic E-state index is 11.2. The predicted octanol–water partition coefficient (Wildman–Crippen LogP) is -0.378. The van der Waals surface area contributed by atoms with Gasteiger partial charge in [-0.1, -0.05) is 0 Å². The Kier molecular flexibility index (Phi) is 4.05. The lowest BCUT2D eigenvalue weighted by Crippen LogP contribution is -2.27. The van der Waals surface area contributed by atoms with Crippen LogP contribution in [0.1, 0.15) is 19.8 Å². The van der Waals surface area contributed by atoms with Crippen LogP contribution in [0.15, 0.2) is 0 Å². The second kappa shape index (κ2) is 5.09. The molecule has 0 aliphatic carbocycles. The molecule has 0 radical (unpaired) electrons. The summed E-state index contributed by atoms with van der Waals surface area (Å²) in [6, 6.07) is 0. The number of carboxylic acids is 1. The Hall–Kier alpha value is -1.14. The molecule has 2 N–H and O–H groups in total. The van der Waals surface area contributed by atoms with Crippen LogP contribution in [0.5, 0.6) is 0 Å². The van der Waals surface area contributed by atoms with Gasteiger partial charge in [-0.15, -0.1) is 0 Å². The molecule has 2 atom stereocenters. The summed E-state index contributed by atoms with van der Waals surface area (Å²) in [5, 5.41) is 18.7. The van der Waals surface area contributed by atoms with Gasteiger partial charge in [0.05, 0.1) is 25.2 Å². The molecule has 0 spiro atoms. The minimum Gasteiger partial charge on any atom is -0.481 e. The zero-order valence-electron chi connectivity index (χ0n) is 8.55. The highest BCUT2D eigenvalue weighted by Gasteiger charge is 2.35. The first-order chi connectivity index (χ1) is 7.00. The first-order valence-corrected chi connectivity index (χ1v) is 4.85. The van der Waals surface area contributed by atoms with Crippen LogP contribution in [-0.2, 0) is 14.4 Å². The monoisotopic (exact) mass is 217 g/mol. The molecule has 1 rings (SSSR count). The first kappa shape index (κ1) is 11.9. The lowest BCUT2D eigenvalue weighted by atomic mass is 10.1. The van der Waals surface area contributed by atoms with Crippen LogP contribution in [0.3, 0.4) is 0 Å². The molecule has 15 heavy (non-hydrogen) atoms. The third-order valence-corrected chi connectivity index (χ3v) is 2.22. The Labute approximate surface area is 87.4 Å². The molecule has 1 amide bonds. The van der Waals surface area contributed by atoms with E-state index < -0.39 is 18.0 Å². The van der Waals surface area contributed by atoms with Gasteiger partial charge in [-0.25, -0.2) is 5.06 Å². The van der Waals surface area contributed by atoms with E-state index in [4.69, 9.17) is 15.1 Å². The Morgan fingerprint density at radius 3 is 2.87 bits per heavy atom. The van der Waals surface area contributed by atoms with E-state index in [-0.39, 0.29) is 25.5 Å². The quantitative estimate of drug-likeness (QED) is 0.655. The van der Waals surface area contributed by atoms with Crippen LogP contribution >= 0.6 is 0 Å². The average molecular weight is 217 g/mol. The molecule has 1 fully saturated rings. The zero-order chi connectivity index (χ0) is 11.4.